The van der Waals surface area contributed by atoms with Gasteiger partial charge >= 0.3 is 0 Å². The molecule has 0 saturated carbocycles. The minimum absolute atomic E-state index is 0.570. The maximum atomic E-state index is 6.28. The first-order valence-electron chi connectivity index (χ1n) is 7.49. The maximum Gasteiger partial charge on any atom is 0.0452 e. The van der Waals surface area contributed by atoms with E-state index in [0.29, 0.717) is 12.0 Å². The second kappa shape index (κ2) is 7.65. The van der Waals surface area contributed by atoms with Crippen molar-refractivity contribution in [3.63, 3.8) is 0 Å². The van der Waals surface area contributed by atoms with Crippen LogP contribution in [-0.2, 0) is 6.54 Å². The molecule has 20 heavy (non-hydrogen) atoms. The van der Waals surface area contributed by atoms with Crippen LogP contribution in [0.3, 0.4) is 0 Å². The molecule has 0 bridgehead atoms. The smallest absolute Gasteiger partial charge is 0.0452 e. The summed E-state index contributed by atoms with van der Waals surface area (Å²) < 4.78 is 0. The van der Waals surface area contributed by atoms with Crippen LogP contribution in [0, 0.1) is 5.92 Å². The molecule has 2 atom stereocenters. The Kier molecular flexibility index (Phi) is 6.16. The Hall–Kier alpha value is -0.280. The molecule has 4 heteroatoms. The Morgan fingerprint density at radius 3 is 2.95 bits per heavy atom. The number of halogens is 2. The Morgan fingerprint density at radius 2 is 2.20 bits per heavy atom. The fraction of sp³-hybridized carbons (Fsp3) is 0.625. The molecule has 0 aromatic heterocycles. The summed E-state index contributed by atoms with van der Waals surface area (Å²) >= 11 is 12.4. The molecule has 1 saturated heterocycles. The van der Waals surface area contributed by atoms with Gasteiger partial charge in [-0.15, -0.1) is 0 Å². The number of nitrogens with one attached hydrogen (secondary N) is 1. The fourth-order valence-electron chi connectivity index (χ4n) is 2.74. The summed E-state index contributed by atoms with van der Waals surface area (Å²) in [4.78, 5) is 2.49. The zero-order chi connectivity index (χ0) is 14.5. The van der Waals surface area contributed by atoms with E-state index < -0.39 is 0 Å². The normalized spacial score (nSPS) is 22.5. The minimum atomic E-state index is 0.570. The third-order valence-electron chi connectivity index (χ3n) is 4.25. The molecule has 0 aliphatic carbocycles. The molecule has 1 aliphatic rings. The van der Waals surface area contributed by atoms with E-state index in [1.54, 1.807) is 0 Å². The number of benzene rings is 1. The van der Waals surface area contributed by atoms with Crippen LogP contribution in [-0.4, -0.2) is 30.6 Å². The number of hydrogen-bond donors (Lipinski definition) is 1. The van der Waals surface area contributed by atoms with Gasteiger partial charge in [-0.2, -0.15) is 0 Å². The van der Waals surface area contributed by atoms with Crippen molar-refractivity contribution in [3.8, 4) is 0 Å². The second-order valence-electron chi connectivity index (χ2n) is 5.77. The molecule has 0 amide bonds. The quantitative estimate of drug-likeness (QED) is 0.895. The lowest BCUT2D eigenvalue weighted by molar-refractivity contribution is 0.231. The van der Waals surface area contributed by atoms with E-state index in [-0.39, 0.29) is 0 Å². The Labute approximate surface area is 132 Å². The number of nitrogens with zero attached hydrogens (tertiary/aromatic N) is 1. The third kappa shape index (κ3) is 4.36. The van der Waals surface area contributed by atoms with Crippen LogP contribution in [0.1, 0.15) is 32.3 Å². The van der Waals surface area contributed by atoms with Crippen LogP contribution in [0.15, 0.2) is 18.2 Å². The largest absolute Gasteiger partial charge is 0.312 e. The van der Waals surface area contributed by atoms with Crippen LogP contribution in [0.4, 0.5) is 0 Å². The van der Waals surface area contributed by atoms with Crippen molar-refractivity contribution in [2.75, 3.05) is 19.6 Å². The van der Waals surface area contributed by atoms with Crippen molar-refractivity contribution >= 4 is 23.2 Å². The van der Waals surface area contributed by atoms with Gasteiger partial charge in [0.05, 0.1) is 0 Å². The molecular formula is C16H24Cl2N2. The lowest BCUT2D eigenvalue weighted by atomic mass is 9.99. The van der Waals surface area contributed by atoms with E-state index in [4.69, 9.17) is 23.2 Å². The lowest BCUT2D eigenvalue weighted by Crippen LogP contribution is -2.41. The van der Waals surface area contributed by atoms with Crippen molar-refractivity contribution in [2.45, 2.75) is 39.3 Å². The lowest BCUT2D eigenvalue weighted by Gasteiger charge is -2.28. The monoisotopic (exact) mass is 314 g/mol. The zero-order valence-corrected chi connectivity index (χ0v) is 13.8. The van der Waals surface area contributed by atoms with E-state index in [0.717, 1.165) is 41.8 Å². The summed E-state index contributed by atoms with van der Waals surface area (Å²) in [7, 11) is 0. The first-order chi connectivity index (χ1) is 9.60. The standard InChI is InChI=1S/C16H24Cl2N2/c1-3-12(2)16-11-20(8-4-7-19-16)10-13-9-14(17)5-6-15(13)18/h5-6,9,12,16,19H,3-4,7-8,10-11H2,1-2H3. The molecule has 1 heterocycles. The van der Waals surface area contributed by atoms with Crippen molar-refractivity contribution in [1.82, 2.24) is 10.2 Å². The van der Waals surface area contributed by atoms with Gasteiger partial charge in [-0.3, -0.25) is 4.90 Å². The highest BCUT2D eigenvalue weighted by Crippen LogP contribution is 2.23. The van der Waals surface area contributed by atoms with Gasteiger partial charge in [0, 0.05) is 29.2 Å². The van der Waals surface area contributed by atoms with Gasteiger partial charge < -0.3 is 5.32 Å². The van der Waals surface area contributed by atoms with Crippen molar-refractivity contribution in [1.29, 1.82) is 0 Å². The molecular weight excluding hydrogens is 291 g/mol. The highest BCUT2D eigenvalue weighted by Gasteiger charge is 2.22. The molecule has 0 spiro atoms. The van der Waals surface area contributed by atoms with Crippen LogP contribution >= 0.6 is 23.2 Å². The van der Waals surface area contributed by atoms with E-state index in [9.17, 15) is 0 Å². The highest BCUT2D eigenvalue weighted by molar-refractivity contribution is 6.33. The highest BCUT2D eigenvalue weighted by atomic mass is 35.5. The molecule has 1 aliphatic heterocycles. The van der Waals surface area contributed by atoms with Crippen LogP contribution in [0.2, 0.25) is 10.0 Å². The van der Waals surface area contributed by atoms with Crippen molar-refractivity contribution < 1.29 is 0 Å². The Balaban J connectivity index is 2.05. The van der Waals surface area contributed by atoms with Crippen LogP contribution < -0.4 is 5.32 Å². The van der Waals surface area contributed by atoms with Gasteiger partial charge in [-0.1, -0.05) is 43.5 Å². The average molecular weight is 315 g/mol. The maximum absolute atomic E-state index is 6.28. The third-order valence-corrected chi connectivity index (χ3v) is 4.85. The molecule has 2 nitrogen and oxygen atoms in total. The van der Waals surface area contributed by atoms with Crippen molar-refractivity contribution in [2.24, 2.45) is 5.92 Å². The van der Waals surface area contributed by atoms with E-state index in [1.807, 2.05) is 18.2 Å². The SMILES string of the molecule is CCC(C)C1CN(Cc2cc(Cl)ccc2Cl)CCCN1. The summed E-state index contributed by atoms with van der Waals surface area (Å²) in [5.74, 6) is 0.699. The van der Waals surface area contributed by atoms with Gasteiger partial charge in [0.2, 0.25) is 0 Å². The molecule has 1 fully saturated rings. The summed E-state index contributed by atoms with van der Waals surface area (Å²) in [5, 5.41) is 5.25. The molecule has 112 valence electrons. The van der Waals surface area contributed by atoms with Crippen LogP contribution in [0.5, 0.6) is 0 Å². The van der Waals surface area contributed by atoms with Crippen molar-refractivity contribution in [3.05, 3.63) is 33.8 Å². The molecule has 1 N–H and O–H groups in total. The average Bonchev–Trinajstić information content (AvgIpc) is 2.67. The van der Waals surface area contributed by atoms with Gasteiger partial charge in [0.15, 0.2) is 0 Å². The Bertz CT molecular complexity index is 436. The van der Waals surface area contributed by atoms with Gasteiger partial charge in [-0.05, 0) is 49.2 Å². The second-order valence-corrected chi connectivity index (χ2v) is 6.61. The molecule has 1 aromatic rings. The summed E-state index contributed by atoms with van der Waals surface area (Å²) in [6, 6.07) is 6.29. The van der Waals surface area contributed by atoms with Crippen LogP contribution in [0.25, 0.3) is 0 Å². The van der Waals surface area contributed by atoms with Gasteiger partial charge in [0.1, 0.15) is 0 Å². The summed E-state index contributed by atoms with van der Waals surface area (Å²) in [6.07, 6.45) is 2.40. The summed E-state index contributed by atoms with van der Waals surface area (Å²) in [6.45, 7) is 8.77. The first-order valence-corrected chi connectivity index (χ1v) is 8.25. The fourth-order valence-corrected chi connectivity index (χ4v) is 3.11. The minimum Gasteiger partial charge on any atom is -0.312 e. The molecule has 2 unspecified atom stereocenters. The number of rotatable bonds is 4. The summed E-state index contributed by atoms with van der Waals surface area (Å²) in [5.41, 5.74) is 1.13. The molecule has 2 rings (SSSR count). The number of hydrogen-bond acceptors (Lipinski definition) is 2. The topological polar surface area (TPSA) is 15.3 Å². The van der Waals surface area contributed by atoms with E-state index in [2.05, 4.69) is 24.1 Å². The van der Waals surface area contributed by atoms with E-state index in [1.165, 1.54) is 12.8 Å². The predicted molar refractivity (Wildman–Crippen MR) is 87.6 cm³/mol. The van der Waals surface area contributed by atoms with Gasteiger partial charge in [-0.25, -0.2) is 0 Å². The van der Waals surface area contributed by atoms with Gasteiger partial charge in [0.25, 0.3) is 0 Å². The zero-order valence-electron chi connectivity index (χ0n) is 12.3. The Morgan fingerprint density at radius 1 is 1.40 bits per heavy atom. The predicted octanol–water partition coefficient (Wildman–Crippen LogP) is 4.20. The molecule has 0 radical (unpaired) electrons. The molecule has 1 aromatic carbocycles. The first kappa shape index (κ1) is 16.1. The van der Waals surface area contributed by atoms with E-state index >= 15 is 0 Å².